The number of hydrogen-bond donors (Lipinski definition) is 2. The smallest absolute Gasteiger partial charge is 0.0656 e. The zero-order valence-corrected chi connectivity index (χ0v) is 12.7. The van der Waals surface area contributed by atoms with Gasteiger partial charge in [0, 0.05) is 17.8 Å². The molecule has 2 heterocycles. The van der Waals surface area contributed by atoms with E-state index in [0.29, 0.717) is 5.92 Å². The molecule has 94 valence electrons. The van der Waals surface area contributed by atoms with Crippen molar-refractivity contribution in [2.45, 2.75) is 24.8 Å². The Balaban J connectivity index is 1.95. The highest BCUT2D eigenvalue weighted by Gasteiger charge is 2.31. The van der Waals surface area contributed by atoms with Crippen LogP contribution in [0.15, 0.2) is 29.8 Å². The average molecular weight is 371 g/mol. The van der Waals surface area contributed by atoms with Crippen LogP contribution in [0.1, 0.15) is 35.2 Å². The largest absolute Gasteiger partial charge is 0.271 e. The molecular weight excluding hydrogens is 357 g/mol. The standard InChI is InChI=1S/C13H14IN3S/c14-11-6-9(7-18-11)13(17-15)10-4-3-8-2-1-5-16-12(8)10/h1-2,5-7,10,13,17H,3-4,15H2. The molecule has 0 radical (unpaired) electrons. The Bertz CT molecular complexity index is 555. The summed E-state index contributed by atoms with van der Waals surface area (Å²) in [6.45, 7) is 0. The van der Waals surface area contributed by atoms with E-state index in [1.807, 2.05) is 12.3 Å². The van der Waals surface area contributed by atoms with E-state index >= 15 is 0 Å². The Hall–Kier alpha value is -0.500. The van der Waals surface area contributed by atoms with Crippen LogP contribution >= 0.6 is 33.9 Å². The number of aromatic nitrogens is 1. The summed E-state index contributed by atoms with van der Waals surface area (Å²) in [7, 11) is 0. The van der Waals surface area contributed by atoms with Crippen LogP contribution in [0.4, 0.5) is 0 Å². The highest BCUT2D eigenvalue weighted by molar-refractivity contribution is 14.1. The van der Waals surface area contributed by atoms with E-state index in [1.54, 1.807) is 11.3 Å². The van der Waals surface area contributed by atoms with Crippen LogP contribution in [0.3, 0.4) is 0 Å². The second kappa shape index (κ2) is 5.24. The molecule has 0 spiro atoms. The maximum absolute atomic E-state index is 5.78. The summed E-state index contributed by atoms with van der Waals surface area (Å²) >= 11 is 4.11. The molecule has 2 aromatic heterocycles. The summed E-state index contributed by atoms with van der Waals surface area (Å²) in [5, 5.41) is 2.19. The van der Waals surface area contributed by atoms with Crippen LogP contribution in [-0.4, -0.2) is 4.98 Å². The van der Waals surface area contributed by atoms with Gasteiger partial charge < -0.3 is 0 Å². The van der Waals surface area contributed by atoms with Crippen molar-refractivity contribution < 1.29 is 0 Å². The molecule has 0 saturated carbocycles. The first-order valence-electron chi connectivity index (χ1n) is 5.93. The number of aryl methyl sites for hydroxylation is 1. The molecule has 0 fully saturated rings. The zero-order valence-electron chi connectivity index (χ0n) is 9.77. The number of nitrogens with zero attached hydrogens (tertiary/aromatic N) is 1. The molecule has 3 nitrogen and oxygen atoms in total. The molecule has 0 aliphatic heterocycles. The lowest BCUT2D eigenvalue weighted by molar-refractivity contribution is 0.448. The van der Waals surface area contributed by atoms with Crippen LogP contribution in [-0.2, 0) is 6.42 Å². The van der Waals surface area contributed by atoms with Crippen molar-refractivity contribution in [3.63, 3.8) is 0 Å². The first-order valence-corrected chi connectivity index (χ1v) is 7.89. The summed E-state index contributed by atoms with van der Waals surface area (Å²) in [5.41, 5.74) is 6.83. The van der Waals surface area contributed by atoms with E-state index in [1.165, 1.54) is 19.7 Å². The summed E-state index contributed by atoms with van der Waals surface area (Å²) in [5.74, 6) is 6.16. The average Bonchev–Trinajstić information content (AvgIpc) is 2.98. The van der Waals surface area contributed by atoms with Crippen molar-refractivity contribution >= 4 is 33.9 Å². The SMILES string of the molecule is NNC(c1csc(I)c1)C1CCc2cccnc21. The quantitative estimate of drug-likeness (QED) is 0.496. The fourth-order valence-corrected chi connectivity index (χ4v) is 4.11. The topological polar surface area (TPSA) is 50.9 Å². The van der Waals surface area contributed by atoms with Crippen molar-refractivity contribution in [3.05, 3.63) is 49.5 Å². The Morgan fingerprint density at radius 2 is 2.44 bits per heavy atom. The second-order valence-electron chi connectivity index (χ2n) is 4.52. The Kier molecular flexibility index (Phi) is 3.65. The van der Waals surface area contributed by atoms with E-state index in [0.717, 1.165) is 12.8 Å². The number of pyridine rings is 1. The van der Waals surface area contributed by atoms with Gasteiger partial charge in [-0.2, -0.15) is 0 Å². The third-order valence-electron chi connectivity index (χ3n) is 3.53. The summed E-state index contributed by atoms with van der Waals surface area (Å²) in [6.07, 6.45) is 4.10. The van der Waals surface area contributed by atoms with Gasteiger partial charge in [-0.15, -0.1) is 11.3 Å². The Morgan fingerprint density at radius 1 is 1.56 bits per heavy atom. The summed E-state index contributed by atoms with van der Waals surface area (Å²) < 4.78 is 1.29. The van der Waals surface area contributed by atoms with Gasteiger partial charge in [-0.05, 0) is 64.1 Å². The highest BCUT2D eigenvalue weighted by atomic mass is 127. The predicted molar refractivity (Wildman–Crippen MR) is 82.4 cm³/mol. The fraction of sp³-hybridized carbons (Fsp3) is 0.308. The molecule has 2 atom stereocenters. The molecule has 0 aromatic carbocycles. The number of hydrazine groups is 1. The van der Waals surface area contributed by atoms with Gasteiger partial charge in [0.1, 0.15) is 0 Å². The molecule has 3 rings (SSSR count). The molecule has 5 heteroatoms. The number of nitrogens with one attached hydrogen (secondary N) is 1. The van der Waals surface area contributed by atoms with Gasteiger partial charge in [-0.3, -0.25) is 16.3 Å². The Morgan fingerprint density at radius 3 is 3.17 bits per heavy atom. The second-order valence-corrected chi connectivity index (χ2v) is 7.33. The maximum Gasteiger partial charge on any atom is 0.0656 e. The van der Waals surface area contributed by atoms with Crippen LogP contribution < -0.4 is 11.3 Å². The molecule has 1 aliphatic carbocycles. The van der Waals surface area contributed by atoms with Crippen molar-refractivity contribution in [3.8, 4) is 0 Å². The van der Waals surface area contributed by atoms with Gasteiger partial charge in [0.2, 0.25) is 0 Å². The predicted octanol–water partition coefficient (Wildman–Crippen LogP) is 2.98. The number of fused-ring (bicyclic) bond motifs is 1. The van der Waals surface area contributed by atoms with Crippen LogP contribution in [0.25, 0.3) is 0 Å². The number of thiophene rings is 1. The number of halogens is 1. The lowest BCUT2D eigenvalue weighted by atomic mass is 9.93. The van der Waals surface area contributed by atoms with Gasteiger partial charge in [-0.25, -0.2) is 0 Å². The number of rotatable bonds is 3. The zero-order chi connectivity index (χ0) is 12.5. The number of nitrogens with two attached hydrogens (primary N) is 1. The summed E-state index contributed by atoms with van der Waals surface area (Å²) in [6, 6.07) is 6.56. The normalized spacial score (nSPS) is 19.8. The van der Waals surface area contributed by atoms with Crippen LogP contribution in [0.5, 0.6) is 0 Å². The third-order valence-corrected chi connectivity index (χ3v) is 5.34. The maximum atomic E-state index is 5.78. The lowest BCUT2D eigenvalue weighted by Crippen LogP contribution is -2.32. The van der Waals surface area contributed by atoms with Gasteiger partial charge >= 0.3 is 0 Å². The number of hydrogen-bond acceptors (Lipinski definition) is 4. The van der Waals surface area contributed by atoms with Gasteiger partial charge in [-0.1, -0.05) is 6.07 Å². The Labute approximate surface area is 124 Å². The fourth-order valence-electron chi connectivity index (χ4n) is 2.70. The molecule has 3 N–H and O–H groups in total. The minimum atomic E-state index is 0.168. The van der Waals surface area contributed by atoms with Gasteiger partial charge in [0.05, 0.1) is 8.93 Å². The third kappa shape index (κ3) is 2.20. The van der Waals surface area contributed by atoms with Crippen molar-refractivity contribution in [1.29, 1.82) is 0 Å². The molecule has 2 aromatic rings. The van der Waals surface area contributed by atoms with Gasteiger partial charge in [0.15, 0.2) is 0 Å². The molecule has 0 saturated heterocycles. The van der Waals surface area contributed by atoms with Crippen molar-refractivity contribution in [1.82, 2.24) is 10.4 Å². The van der Waals surface area contributed by atoms with Crippen LogP contribution in [0, 0.1) is 2.88 Å². The molecule has 2 unspecified atom stereocenters. The van der Waals surface area contributed by atoms with E-state index in [4.69, 9.17) is 5.84 Å². The van der Waals surface area contributed by atoms with Crippen molar-refractivity contribution in [2.75, 3.05) is 0 Å². The first kappa shape index (κ1) is 12.5. The van der Waals surface area contributed by atoms with E-state index in [2.05, 4.69) is 50.5 Å². The van der Waals surface area contributed by atoms with E-state index in [9.17, 15) is 0 Å². The summed E-state index contributed by atoms with van der Waals surface area (Å²) in [4.78, 5) is 4.55. The minimum Gasteiger partial charge on any atom is -0.271 e. The minimum absolute atomic E-state index is 0.168. The molecule has 18 heavy (non-hydrogen) atoms. The van der Waals surface area contributed by atoms with Crippen LogP contribution in [0.2, 0.25) is 0 Å². The first-order chi connectivity index (χ1) is 8.79. The molecule has 0 amide bonds. The molecular formula is C13H14IN3S. The van der Waals surface area contributed by atoms with E-state index in [-0.39, 0.29) is 6.04 Å². The van der Waals surface area contributed by atoms with Crippen molar-refractivity contribution in [2.24, 2.45) is 5.84 Å². The lowest BCUT2D eigenvalue weighted by Gasteiger charge is -2.22. The monoisotopic (exact) mass is 371 g/mol. The molecule has 1 aliphatic rings. The highest BCUT2D eigenvalue weighted by Crippen LogP contribution is 2.41. The molecule has 0 bridgehead atoms. The van der Waals surface area contributed by atoms with Gasteiger partial charge in [0.25, 0.3) is 0 Å². The van der Waals surface area contributed by atoms with E-state index < -0.39 is 0 Å².